The Morgan fingerprint density at radius 3 is 2.00 bits per heavy atom. The van der Waals surface area contributed by atoms with Crippen LogP contribution in [0.2, 0.25) is 10.0 Å². The number of aliphatic carboxylic acids is 2. The smallest absolute Gasteiger partial charge is 0.416 e. The summed E-state index contributed by atoms with van der Waals surface area (Å²) in [6.07, 6.45) is -7.27. The first kappa shape index (κ1) is 32.5. The van der Waals surface area contributed by atoms with Crippen molar-refractivity contribution in [3.63, 3.8) is 0 Å². The molecule has 0 aliphatic carbocycles. The van der Waals surface area contributed by atoms with Gasteiger partial charge in [0.2, 0.25) is 0 Å². The summed E-state index contributed by atoms with van der Waals surface area (Å²) < 4.78 is 39.9. The molecule has 0 fully saturated rings. The molecule has 0 saturated carbocycles. The number of halogens is 5. The van der Waals surface area contributed by atoms with Gasteiger partial charge >= 0.3 is 18.1 Å². The van der Waals surface area contributed by atoms with Crippen molar-refractivity contribution < 1.29 is 48.3 Å². The first-order valence-electron chi connectivity index (χ1n) is 11.8. The number of alkyl halides is 3. The molecule has 214 valence electrons. The molecule has 0 bridgehead atoms. The molecule has 3 unspecified atom stereocenters. The maximum absolute atomic E-state index is 13.3. The van der Waals surface area contributed by atoms with Crippen LogP contribution in [0.25, 0.3) is 21.5 Å². The summed E-state index contributed by atoms with van der Waals surface area (Å²) in [4.78, 5) is 19.5. The van der Waals surface area contributed by atoms with Crippen LogP contribution in [0.3, 0.4) is 0 Å². The summed E-state index contributed by atoms with van der Waals surface area (Å²) in [5, 5.41) is 49.3. The lowest BCUT2D eigenvalue weighted by atomic mass is 9.92. The Bertz CT molecular complexity index is 1300. The molecular weight excluding hydrogens is 566 g/mol. The van der Waals surface area contributed by atoms with Gasteiger partial charge in [-0.25, -0.2) is 9.59 Å². The number of nitrogens with one attached hydrogen (secondary N) is 1. The van der Waals surface area contributed by atoms with Gasteiger partial charge in [0.1, 0.15) is 0 Å². The van der Waals surface area contributed by atoms with Crippen LogP contribution in [0, 0.1) is 0 Å². The molecule has 8 nitrogen and oxygen atoms in total. The standard InChI is InChI=1S/C22H22Cl2F3NO.C4H6O6/c1-2-3-7-28-8-6-21(29)19-12-18-17(10-14(23)11-20(18)24)16-9-13(22(25,26)27)4-5-15(16)19;5-1(3(7)8)2(6)4(9)10/h4-5,9-12,21,28-29H,2-3,6-8H2,1H3;1-2,5-6H,(H,7,8)(H,9,10). The molecule has 0 saturated heterocycles. The number of carboxylic acids is 2. The van der Waals surface area contributed by atoms with E-state index < -0.39 is 42.0 Å². The number of fused-ring (bicyclic) bond motifs is 3. The summed E-state index contributed by atoms with van der Waals surface area (Å²) >= 11 is 12.4. The average molecular weight is 594 g/mol. The molecule has 6 N–H and O–H groups in total. The lowest BCUT2D eigenvalue weighted by molar-refractivity contribution is -0.165. The lowest BCUT2D eigenvalue weighted by Gasteiger charge is -2.18. The number of hydrogen-bond acceptors (Lipinski definition) is 6. The first-order valence-corrected chi connectivity index (χ1v) is 12.6. The fourth-order valence-electron chi connectivity index (χ4n) is 3.75. The zero-order valence-corrected chi connectivity index (χ0v) is 22.2. The van der Waals surface area contributed by atoms with E-state index in [1.54, 1.807) is 18.2 Å². The predicted octanol–water partition coefficient (Wildman–Crippen LogP) is 5.01. The molecular formula is C26H28Cl2F3NO7. The van der Waals surface area contributed by atoms with E-state index in [1.807, 2.05) is 0 Å². The highest BCUT2D eigenvalue weighted by Gasteiger charge is 2.31. The van der Waals surface area contributed by atoms with Crippen LogP contribution in [0.5, 0.6) is 0 Å². The molecule has 0 radical (unpaired) electrons. The van der Waals surface area contributed by atoms with Crippen molar-refractivity contribution in [3.8, 4) is 0 Å². The van der Waals surface area contributed by atoms with E-state index in [2.05, 4.69) is 12.2 Å². The van der Waals surface area contributed by atoms with Gasteiger partial charge < -0.3 is 30.8 Å². The van der Waals surface area contributed by atoms with Crippen LogP contribution < -0.4 is 5.32 Å². The van der Waals surface area contributed by atoms with Crippen LogP contribution in [0.15, 0.2) is 36.4 Å². The molecule has 3 atom stereocenters. The first-order chi connectivity index (χ1) is 18.2. The second-order valence-corrected chi connectivity index (χ2v) is 9.52. The van der Waals surface area contributed by atoms with Crippen LogP contribution >= 0.6 is 23.2 Å². The molecule has 0 aromatic heterocycles. The maximum Gasteiger partial charge on any atom is 0.416 e. The predicted molar refractivity (Wildman–Crippen MR) is 141 cm³/mol. The summed E-state index contributed by atoms with van der Waals surface area (Å²) in [5.41, 5.74) is -0.196. The number of carbonyl (C=O) groups is 2. The van der Waals surface area contributed by atoms with Gasteiger partial charge in [-0.1, -0.05) is 42.6 Å². The summed E-state index contributed by atoms with van der Waals surface area (Å²) in [6, 6.07) is 8.45. The van der Waals surface area contributed by atoms with Crippen LogP contribution in [0.4, 0.5) is 13.2 Å². The fourth-order valence-corrected chi connectivity index (χ4v) is 4.30. The number of aliphatic hydroxyl groups is 3. The molecule has 13 heteroatoms. The van der Waals surface area contributed by atoms with Crippen molar-refractivity contribution in [1.29, 1.82) is 0 Å². The number of unbranched alkanes of at least 4 members (excludes halogenated alkanes) is 1. The number of carboxylic acid groups (broad SMARTS) is 2. The number of aliphatic hydroxyl groups excluding tert-OH is 3. The van der Waals surface area contributed by atoms with Gasteiger partial charge in [-0.2, -0.15) is 13.2 Å². The van der Waals surface area contributed by atoms with Gasteiger partial charge in [0, 0.05) is 15.4 Å². The van der Waals surface area contributed by atoms with Gasteiger partial charge in [-0.15, -0.1) is 0 Å². The minimum atomic E-state index is -4.47. The molecule has 0 spiro atoms. The Labute approximate surface area is 231 Å². The van der Waals surface area contributed by atoms with Gasteiger partial charge in [0.15, 0.2) is 12.2 Å². The van der Waals surface area contributed by atoms with Crippen LogP contribution in [0.1, 0.15) is 43.4 Å². The van der Waals surface area contributed by atoms with E-state index >= 15 is 0 Å². The van der Waals surface area contributed by atoms with Gasteiger partial charge in [0.05, 0.1) is 11.7 Å². The zero-order chi connectivity index (χ0) is 29.5. The minimum Gasteiger partial charge on any atom is -0.479 e. The topological polar surface area (TPSA) is 147 Å². The molecule has 0 aliphatic rings. The summed E-state index contributed by atoms with van der Waals surface area (Å²) in [5.74, 6) is -3.54. The van der Waals surface area contributed by atoms with E-state index in [4.69, 9.17) is 43.6 Å². The second kappa shape index (κ2) is 14.1. The van der Waals surface area contributed by atoms with Crippen molar-refractivity contribution in [2.75, 3.05) is 13.1 Å². The van der Waals surface area contributed by atoms with Gasteiger partial charge in [0.25, 0.3) is 0 Å². The average Bonchev–Trinajstić information content (AvgIpc) is 2.86. The van der Waals surface area contributed by atoms with Crippen LogP contribution in [-0.4, -0.2) is 62.8 Å². The molecule has 3 rings (SSSR count). The summed E-state index contributed by atoms with van der Waals surface area (Å²) in [6.45, 7) is 3.57. The Balaban J connectivity index is 0.000000455. The highest BCUT2D eigenvalue weighted by atomic mass is 35.5. The van der Waals surface area contributed by atoms with E-state index in [0.29, 0.717) is 50.1 Å². The molecule has 3 aromatic carbocycles. The van der Waals surface area contributed by atoms with Gasteiger partial charge in [-0.3, -0.25) is 0 Å². The molecule has 39 heavy (non-hydrogen) atoms. The fraction of sp³-hybridized carbons (Fsp3) is 0.385. The third-order valence-corrected chi connectivity index (χ3v) is 6.34. The highest BCUT2D eigenvalue weighted by molar-refractivity contribution is 6.39. The van der Waals surface area contributed by atoms with Crippen molar-refractivity contribution >= 4 is 56.7 Å². The Morgan fingerprint density at radius 1 is 0.872 bits per heavy atom. The number of rotatable bonds is 10. The Morgan fingerprint density at radius 2 is 1.46 bits per heavy atom. The normalized spacial score (nSPS) is 14.0. The third-order valence-electron chi connectivity index (χ3n) is 5.81. The molecule has 0 heterocycles. The third kappa shape index (κ3) is 8.66. The molecule has 0 amide bonds. The second-order valence-electron chi connectivity index (χ2n) is 8.68. The number of hydrogen-bond donors (Lipinski definition) is 6. The molecule has 3 aromatic rings. The van der Waals surface area contributed by atoms with E-state index in [1.165, 1.54) is 6.07 Å². The Kier molecular flexibility index (Phi) is 11.8. The van der Waals surface area contributed by atoms with Crippen molar-refractivity contribution in [3.05, 3.63) is 57.6 Å². The maximum atomic E-state index is 13.3. The van der Waals surface area contributed by atoms with Gasteiger partial charge in [-0.05, 0) is 78.0 Å². The van der Waals surface area contributed by atoms with Crippen molar-refractivity contribution in [1.82, 2.24) is 5.32 Å². The largest absolute Gasteiger partial charge is 0.479 e. The number of benzene rings is 3. The van der Waals surface area contributed by atoms with E-state index in [9.17, 15) is 27.9 Å². The lowest BCUT2D eigenvalue weighted by Crippen LogP contribution is -2.39. The monoisotopic (exact) mass is 593 g/mol. The SMILES string of the molecule is CCCCNCCC(O)c1cc2c(Cl)cc(Cl)cc2c2cc(C(F)(F)F)ccc12.O=C(O)C(O)C(O)C(=O)O. The zero-order valence-electron chi connectivity index (χ0n) is 20.7. The minimum absolute atomic E-state index is 0.335. The molecule has 0 aliphatic heterocycles. The van der Waals surface area contributed by atoms with Crippen molar-refractivity contribution in [2.24, 2.45) is 0 Å². The van der Waals surface area contributed by atoms with Crippen molar-refractivity contribution in [2.45, 2.75) is 50.7 Å². The van der Waals surface area contributed by atoms with E-state index in [-0.39, 0.29) is 0 Å². The van der Waals surface area contributed by atoms with Crippen LogP contribution in [-0.2, 0) is 15.8 Å². The quantitative estimate of drug-likeness (QED) is 0.142. The summed E-state index contributed by atoms with van der Waals surface area (Å²) in [7, 11) is 0. The Hall–Kier alpha value is -2.67. The van der Waals surface area contributed by atoms with E-state index in [0.717, 1.165) is 31.5 Å². The highest BCUT2D eigenvalue weighted by Crippen LogP contribution is 2.40.